The van der Waals surface area contributed by atoms with Crippen LogP contribution in [0.25, 0.3) is 10.6 Å². The number of aromatic nitrogens is 2. The number of thiazole rings is 1. The van der Waals surface area contributed by atoms with Gasteiger partial charge in [0, 0.05) is 17.1 Å². The first-order chi connectivity index (χ1) is 13.0. The van der Waals surface area contributed by atoms with Crippen LogP contribution in [-0.2, 0) is 4.79 Å². The summed E-state index contributed by atoms with van der Waals surface area (Å²) in [6.07, 6.45) is 2.27. The second-order valence-corrected chi connectivity index (χ2v) is 6.73. The number of halogens is 1. The van der Waals surface area contributed by atoms with Crippen LogP contribution in [-0.4, -0.2) is 27.0 Å². The summed E-state index contributed by atoms with van der Waals surface area (Å²) >= 11 is 1.13. The molecule has 0 bridgehead atoms. The van der Waals surface area contributed by atoms with Gasteiger partial charge in [0.1, 0.15) is 10.7 Å². The van der Waals surface area contributed by atoms with E-state index in [1.165, 1.54) is 17.6 Å². The summed E-state index contributed by atoms with van der Waals surface area (Å²) in [5.74, 6) is -2.06. The zero-order chi connectivity index (χ0) is 19.4. The van der Waals surface area contributed by atoms with E-state index >= 15 is 0 Å². The number of nitrogens with one attached hydrogen (secondary N) is 1. The smallest absolute Gasteiger partial charge is 0.305 e. The molecule has 0 aliphatic carbocycles. The summed E-state index contributed by atoms with van der Waals surface area (Å²) in [4.78, 5) is 31.7. The van der Waals surface area contributed by atoms with Gasteiger partial charge in [-0.1, -0.05) is 24.3 Å². The number of hydrogen-bond acceptors (Lipinski definition) is 5. The second kappa shape index (κ2) is 8.05. The monoisotopic (exact) mass is 385 g/mol. The Morgan fingerprint density at radius 1 is 1.30 bits per heavy atom. The van der Waals surface area contributed by atoms with Crippen LogP contribution in [0.15, 0.2) is 48.1 Å². The number of carbonyl (C=O) groups is 2. The highest BCUT2D eigenvalue weighted by molar-refractivity contribution is 7.13. The fourth-order valence-corrected chi connectivity index (χ4v) is 3.50. The van der Waals surface area contributed by atoms with E-state index in [0.29, 0.717) is 5.01 Å². The Kier molecular flexibility index (Phi) is 5.56. The van der Waals surface area contributed by atoms with Crippen LogP contribution in [0.4, 0.5) is 4.39 Å². The Morgan fingerprint density at radius 2 is 2.07 bits per heavy atom. The highest BCUT2D eigenvalue weighted by Crippen LogP contribution is 2.26. The Morgan fingerprint density at radius 3 is 2.78 bits per heavy atom. The molecule has 0 saturated heterocycles. The molecular formula is C19H16FN3O3S. The van der Waals surface area contributed by atoms with Gasteiger partial charge in [-0.05, 0) is 24.1 Å². The summed E-state index contributed by atoms with van der Waals surface area (Å²) in [5, 5.41) is 13.8. The lowest BCUT2D eigenvalue weighted by atomic mass is 9.98. The molecule has 2 heterocycles. The van der Waals surface area contributed by atoms with Gasteiger partial charge in [0.25, 0.3) is 5.91 Å². The molecule has 1 amide bonds. The number of carboxylic acid groups (broad SMARTS) is 1. The molecule has 0 aliphatic heterocycles. The van der Waals surface area contributed by atoms with Crippen molar-refractivity contribution >= 4 is 23.2 Å². The predicted octanol–water partition coefficient (Wildman–Crippen LogP) is 3.60. The molecule has 0 radical (unpaired) electrons. The van der Waals surface area contributed by atoms with E-state index in [4.69, 9.17) is 0 Å². The molecular weight excluding hydrogens is 369 g/mol. The number of pyridine rings is 1. The third kappa shape index (κ3) is 4.35. The molecule has 8 heteroatoms. The zero-order valence-electron chi connectivity index (χ0n) is 14.3. The maximum Gasteiger partial charge on any atom is 0.305 e. The highest BCUT2D eigenvalue weighted by Gasteiger charge is 2.22. The summed E-state index contributed by atoms with van der Waals surface area (Å²) in [5.41, 5.74) is 1.97. The van der Waals surface area contributed by atoms with Gasteiger partial charge in [-0.25, -0.2) is 9.37 Å². The van der Waals surface area contributed by atoms with Crippen molar-refractivity contribution in [3.05, 3.63) is 70.7 Å². The van der Waals surface area contributed by atoms with Crippen molar-refractivity contribution in [1.29, 1.82) is 0 Å². The molecule has 1 aromatic carbocycles. The van der Waals surface area contributed by atoms with Crippen LogP contribution < -0.4 is 5.32 Å². The van der Waals surface area contributed by atoms with Gasteiger partial charge in [0.15, 0.2) is 5.82 Å². The lowest BCUT2D eigenvalue weighted by Gasteiger charge is -2.18. The number of hydrogen-bond donors (Lipinski definition) is 2. The standard InChI is InChI=1S/C19H16FN3O3S/c1-11-4-2-3-5-12(11)15(8-17(24)25)22-18(26)16-10-27-19(23-16)13-6-7-21-9-14(13)20/h2-7,9-10,15H,8H2,1H3,(H,22,26)(H,24,25). The van der Waals surface area contributed by atoms with Gasteiger partial charge in [0.05, 0.1) is 18.7 Å². The fraction of sp³-hybridized carbons (Fsp3) is 0.158. The van der Waals surface area contributed by atoms with Crippen molar-refractivity contribution in [2.24, 2.45) is 0 Å². The van der Waals surface area contributed by atoms with E-state index in [1.807, 2.05) is 19.1 Å². The molecule has 27 heavy (non-hydrogen) atoms. The molecule has 2 aromatic heterocycles. The molecule has 2 N–H and O–H groups in total. The molecule has 0 spiro atoms. The average molecular weight is 385 g/mol. The lowest BCUT2D eigenvalue weighted by Crippen LogP contribution is -2.30. The molecule has 138 valence electrons. The number of amides is 1. The number of aliphatic carboxylic acids is 1. The van der Waals surface area contributed by atoms with Crippen LogP contribution in [0.3, 0.4) is 0 Å². The number of carbonyl (C=O) groups excluding carboxylic acids is 1. The number of aryl methyl sites for hydroxylation is 1. The van der Waals surface area contributed by atoms with Crippen LogP contribution in [0.2, 0.25) is 0 Å². The van der Waals surface area contributed by atoms with Crippen molar-refractivity contribution in [3.63, 3.8) is 0 Å². The average Bonchev–Trinajstić information content (AvgIpc) is 3.11. The Hall–Kier alpha value is -3.13. The number of nitrogens with zero attached hydrogens (tertiary/aromatic N) is 2. The zero-order valence-corrected chi connectivity index (χ0v) is 15.2. The first-order valence-electron chi connectivity index (χ1n) is 8.09. The summed E-state index contributed by atoms with van der Waals surface area (Å²) in [6.45, 7) is 1.85. The molecule has 1 unspecified atom stereocenters. The van der Waals surface area contributed by atoms with E-state index in [-0.39, 0.29) is 17.7 Å². The van der Waals surface area contributed by atoms with E-state index in [2.05, 4.69) is 15.3 Å². The number of rotatable bonds is 6. The van der Waals surface area contributed by atoms with E-state index in [9.17, 15) is 19.1 Å². The van der Waals surface area contributed by atoms with E-state index < -0.39 is 23.7 Å². The molecule has 6 nitrogen and oxygen atoms in total. The summed E-state index contributed by atoms with van der Waals surface area (Å²) < 4.78 is 13.8. The quantitative estimate of drug-likeness (QED) is 0.676. The molecule has 0 saturated carbocycles. The number of benzene rings is 1. The molecule has 0 fully saturated rings. The van der Waals surface area contributed by atoms with Crippen LogP contribution in [0.5, 0.6) is 0 Å². The van der Waals surface area contributed by atoms with E-state index in [0.717, 1.165) is 28.7 Å². The van der Waals surface area contributed by atoms with Gasteiger partial charge in [-0.3, -0.25) is 14.6 Å². The first-order valence-corrected chi connectivity index (χ1v) is 8.97. The third-order valence-electron chi connectivity index (χ3n) is 3.99. The minimum atomic E-state index is -1.03. The molecule has 3 rings (SSSR count). The predicted molar refractivity (Wildman–Crippen MR) is 98.9 cm³/mol. The van der Waals surface area contributed by atoms with Gasteiger partial charge in [-0.15, -0.1) is 11.3 Å². The fourth-order valence-electron chi connectivity index (χ4n) is 2.67. The molecule has 1 atom stereocenters. The van der Waals surface area contributed by atoms with Gasteiger partial charge < -0.3 is 10.4 Å². The first kappa shape index (κ1) is 18.7. The Bertz CT molecular complexity index is 990. The topological polar surface area (TPSA) is 92.2 Å². The maximum atomic E-state index is 13.8. The minimum absolute atomic E-state index is 0.107. The maximum absolute atomic E-state index is 13.8. The second-order valence-electron chi connectivity index (χ2n) is 5.87. The SMILES string of the molecule is Cc1ccccc1C(CC(=O)O)NC(=O)c1csc(-c2ccncc2F)n1. The van der Waals surface area contributed by atoms with Gasteiger partial charge >= 0.3 is 5.97 Å². The van der Waals surface area contributed by atoms with Crippen LogP contribution >= 0.6 is 11.3 Å². The summed E-state index contributed by atoms with van der Waals surface area (Å²) in [6, 6.07) is 8.05. The van der Waals surface area contributed by atoms with Crippen molar-refractivity contribution in [3.8, 4) is 10.6 Å². The molecule has 3 aromatic rings. The van der Waals surface area contributed by atoms with Gasteiger partial charge in [-0.2, -0.15) is 0 Å². The van der Waals surface area contributed by atoms with Crippen LogP contribution in [0, 0.1) is 12.7 Å². The van der Waals surface area contributed by atoms with Crippen molar-refractivity contribution in [2.75, 3.05) is 0 Å². The largest absolute Gasteiger partial charge is 0.481 e. The normalized spacial score (nSPS) is 11.8. The van der Waals surface area contributed by atoms with E-state index in [1.54, 1.807) is 12.1 Å². The minimum Gasteiger partial charge on any atom is -0.481 e. The summed E-state index contributed by atoms with van der Waals surface area (Å²) in [7, 11) is 0. The number of carboxylic acids is 1. The van der Waals surface area contributed by atoms with Crippen LogP contribution in [0.1, 0.15) is 34.1 Å². The molecule has 0 aliphatic rings. The lowest BCUT2D eigenvalue weighted by molar-refractivity contribution is -0.137. The van der Waals surface area contributed by atoms with Crippen molar-refractivity contribution in [1.82, 2.24) is 15.3 Å². The van der Waals surface area contributed by atoms with Crippen molar-refractivity contribution in [2.45, 2.75) is 19.4 Å². The van der Waals surface area contributed by atoms with Gasteiger partial charge in [0.2, 0.25) is 0 Å². The third-order valence-corrected chi connectivity index (χ3v) is 4.86. The Labute approximate surface area is 158 Å². The highest BCUT2D eigenvalue weighted by atomic mass is 32.1. The van der Waals surface area contributed by atoms with Crippen molar-refractivity contribution < 1.29 is 19.1 Å². The Balaban J connectivity index is 1.83.